The number of nitrogens with zero attached hydrogens (tertiary/aromatic N) is 4. The minimum absolute atomic E-state index is 0.0247. The van der Waals surface area contributed by atoms with E-state index < -0.39 is 17.2 Å². The van der Waals surface area contributed by atoms with E-state index in [4.69, 9.17) is 5.26 Å². The van der Waals surface area contributed by atoms with E-state index in [1.54, 1.807) is 19.2 Å². The molecule has 0 aromatic heterocycles. The average Bonchev–Trinajstić information content (AvgIpc) is 2.88. The third-order valence-corrected chi connectivity index (χ3v) is 7.35. The number of benzene rings is 2. The minimum Gasteiger partial charge on any atom is -0.593 e. The highest BCUT2D eigenvalue weighted by molar-refractivity contribution is 7.89. The number of anilines is 2. The second-order valence-electron chi connectivity index (χ2n) is 8.25. The maximum atomic E-state index is 14.0. The van der Waals surface area contributed by atoms with Gasteiger partial charge in [0.05, 0.1) is 22.5 Å². The molecule has 0 bridgehead atoms. The van der Waals surface area contributed by atoms with Gasteiger partial charge in [0.25, 0.3) is 5.91 Å². The lowest BCUT2D eigenvalue weighted by atomic mass is 10.1. The van der Waals surface area contributed by atoms with E-state index in [0.717, 1.165) is 31.6 Å². The molecule has 2 aliphatic rings. The standard InChI is InChI=1S/C24H28FN5O2S/c1-27-33(32)20-7-8-23(29-9-3-2-4-10-29)21(16-20)24(31)30-13-11-28(12-14-30)19-6-5-18(17-26)22(25)15-19/h5-8,15-16,27H,2-4,9-14H2,1H3/t33-/m0/s1. The van der Waals surface area contributed by atoms with Gasteiger partial charge in [0.2, 0.25) is 0 Å². The number of rotatable bonds is 5. The van der Waals surface area contributed by atoms with Crippen LogP contribution in [0.2, 0.25) is 0 Å². The molecule has 2 fully saturated rings. The predicted molar refractivity (Wildman–Crippen MR) is 127 cm³/mol. The predicted octanol–water partition coefficient (Wildman–Crippen LogP) is 2.89. The van der Waals surface area contributed by atoms with Gasteiger partial charge in [-0.25, -0.2) is 4.39 Å². The summed E-state index contributed by atoms with van der Waals surface area (Å²) in [4.78, 5) is 20.2. The van der Waals surface area contributed by atoms with Gasteiger partial charge in [-0.15, -0.1) is 4.72 Å². The first kappa shape index (κ1) is 23.4. The molecule has 0 aliphatic carbocycles. The van der Waals surface area contributed by atoms with Crippen molar-refractivity contribution in [3.05, 3.63) is 53.3 Å². The molecule has 1 amide bonds. The summed E-state index contributed by atoms with van der Waals surface area (Å²) < 4.78 is 29.1. The van der Waals surface area contributed by atoms with Crippen LogP contribution < -0.4 is 14.5 Å². The van der Waals surface area contributed by atoms with Crippen molar-refractivity contribution in [1.82, 2.24) is 9.62 Å². The smallest absolute Gasteiger partial charge is 0.256 e. The molecule has 2 saturated heterocycles. The molecule has 0 spiro atoms. The van der Waals surface area contributed by atoms with E-state index in [0.29, 0.717) is 42.3 Å². The van der Waals surface area contributed by atoms with E-state index >= 15 is 0 Å². The number of halogens is 1. The normalized spacial score (nSPS) is 17.6. The zero-order valence-electron chi connectivity index (χ0n) is 18.7. The summed E-state index contributed by atoms with van der Waals surface area (Å²) >= 11 is -1.38. The van der Waals surface area contributed by atoms with Crippen molar-refractivity contribution in [2.24, 2.45) is 0 Å². The van der Waals surface area contributed by atoms with Gasteiger partial charge in [0, 0.05) is 63.8 Å². The van der Waals surface area contributed by atoms with E-state index in [-0.39, 0.29) is 11.5 Å². The molecule has 174 valence electrons. The first-order chi connectivity index (χ1) is 16.0. The van der Waals surface area contributed by atoms with Gasteiger partial charge in [-0.1, -0.05) is 0 Å². The molecule has 2 heterocycles. The fourth-order valence-corrected chi connectivity index (χ4v) is 5.11. The van der Waals surface area contributed by atoms with Crippen LogP contribution >= 0.6 is 0 Å². The fraction of sp³-hybridized carbons (Fsp3) is 0.417. The number of piperazine rings is 1. The Balaban J connectivity index is 1.52. The molecule has 33 heavy (non-hydrogen) atoms. The van der Waals surface area contributed by atoms with Gasteiger partial charge in [0.1, 0.15) is 11.9 Å². The van der Waals surface area contributed by atoms with Crippen molar-refractivity contribution in [1.29, 1.82) is 5.26 Å². The molecule has 2 aromatic rings. The van der Waals surface area contributed by atoms with Crippen molar-refractivity contribution >= 4 is 28.6 Å². The molecular formula is C24H28FN5O2S. The fourth-order valence-electron chi connectivity index (χ4n) is 4.46. The molecule has 0 saturated carbocycles. The van der Waals surface area contributed by atoms with Gasteiger partial charge in [0.15, 0.2) is 4.90 Å². The quantitative estimate of drug-likeness (QED) is 0.678. The van der Waals surface area contributed by atoms with E-state index in [1.807, 2.05) is 28.0 Å². The molecular weight excluding hydrogens is 441 g/mol. The van der Waals surface area contributed by atoms with Crippen molar-refractivity contribution in [2.75, 3.05) is 56.1 Å². The van der Waals surface area contributed by atoms with Crippen LogP contribution in [-0.2, 0) is 11.4 Å². The van der Waals surface area contributed by atoms with E-state index in [9.17, 15) is 13.7 Å². The second-order valence-corrected chi connectivity index (χ2v) is 9.67. The summed E-state index contributed by atoms with van der Waals surface area (Å²) in [5.74, 6) is -0.606. The van der Waals surface area contributed by atoms with Crippen molar-refractivity contribution in [2.45, 2.75) is 24.2 Å². The molecule has 2 aliphatic heterocycles. The molecule has 1 atom stereocenters. The molecule has 0 unspecified atom stereocenters. The molecule has 2 aromatic carbocycles. The molecule has 7 nitrogen and oxygen atoms in total. The van der Waals surface area contributed by atoms with Crippen LogP contribution in [0.1, 0.15) is 35.2 Å². The largest absolute Gasteiger partial charge is 0.593 e. The Morgan fingerprint density at radius 1 is 1.03 bits per heavy atom. The number of hydrogen-bond acceptors (Lipinski definition) is 6. The van der Waals surface area contributed by atoms with E-state index in [1.165, 1.54) is 18.6 Å². The van der Waals surface area contributed by atoms with Crippen LogP contribution in [0.25, 0.3) is 0 Å². The Morgan fingerprint density at radius 3 is 2.39 bits per heavy atom. The summed E-state index contributed by atoms with van der Waals surface area (Å²) in [5, 5.41) is 8.94. The van der Waals surface area contributed by atoms with Crippen LogP contribution in [-0.4, -0.2) is 61.7 Å². The summed E-state index contributed by atoms with van der Waals surface area (Å²) in [5.41, 5.74) is 2.21. The average molecular weight is 470 g/mol. The highest BCUT2D eigenvalue weighted by Crippen LogP contribution is 2.29. The number of carbonyl (C=O) groups excluding carboxylic acids is 1. The third-order valence-electron chi connectivity index (χ3n) is 6.30. The van der Waals surface area contributed by atoms with Crippen LogP contribution in [0.4, 0.5) is 15.8 Å². The summed E-state index contributed by atoms with van der Waals surface area (Å²) in [6, 6.07) is 11.9. The lowest BCUT2D eigenvalue weighted by molar-refractivity contribution is 0.0747. The Labute approximate surface area is 197 Å². The zero-order chi connectivity index (χ0) is 23.4. The third kappa shape index (κ3) is 5.08. The first-order valence-electron chi connectivity index (χ1n) is 11.2. The van der Waals surface area contributed by atoms with E-state index in [2.05, 4.69) is 9.62 Å². The van der Waals surface area contributed by atoms with Crippen LogP contribution in [0.5, 0.6) is 0 Å². The van der Waals surface area contributed by atoms with Gasteiger partial charge < -0.3 is 19.3 Å². The maximum absolute atomic E-state index is 14.0. The van der Waals surface area contributed by atoms with Crippen molar-refractivity contribution < 1.29 is 13.7 Å². The number of amides is 1. The zero-order valence-corrected chi connectivity index (χ0v) is 19.5. The lowest BCUT2D eigenvalue weighted by Crippen LogP contribution is -2.49. The lowest BCUT2D eigenvalue weighted by Gasteiger charge is -2.37. The number of carbonyl (C=O) groups is 1. The molecule has 9 heteroatoms. The molecule has 4 rings (SSSR count). The number of nitrogens with one attached hydrogen (secondary N) is 1. The number of nitriles is 1. The Morgan fingerprint density at radius 2 is 1.76 bits per heavy atom. The monoisotopic (exact) mass is 469 g/mol. The number of hydrogen-bond donors (Lipinski definition) is 1. The topological polar surface area (TPSA) is 85.7 Å². The summed E-state index contributed by atoms with van der Waals surface area (Å²) in [6.45, 7) is 3.95. The van der Waals surface area contributed by atoms with Crippen LogP contribution in [0.15, 0.2) is 41.3 Å². The van der Waals surface area contributed by atoms with Gasteiger partial charge in [-0.05, 0) is 49.6 Å². The maximum Gasteiger partial charge on any atom is 0.256 e. The van der Waals surface area contributed by atoms with Gasteiger partial charge in [-0.2, -0.15) is 5.26 Å². The SMILES string of the molecule is CN[S@@+]([O-])c1ccc(N2CCCCC2)c(C(=O)N2CCN(c3ccc(C#N)c(F)c3)CC2)c1. The van der Waals surface area contributed by atoms with Crippen LogP contribution in [0, 0.1) is 17.1 Å². The van der Waals surface area contributed by atoms with Crippen LogP contribution in [0.3, 0.4) is 0 Å². The Bertz CT molecular complexity index is 1050. The minimum atomic E-state index is -1.38. The Kier molecular flexibility index (Phi) is 7.38. The summed E-state index contributed by atoms with van der Waals surface area (Å²) in [6.07, 6.45) is 3.38. The van der Waals surface area contributed by atoms with Crippen molar-refractivity contribution in [3.8, 4) is 6.07 Å². The molecule has 0 radical (unpaired) electrons. The highest BCUT2D eigenvalue weighted by Gasteiger charge is 2.28. The van der Waals surface area contributed by atoms with Crippen molar-refractivity contribution in [3.63, 3.8) is 0 Å². The second kappa shape index (κ2) is 10.4. The Hall–Kier alpha value is -2.80. The number of piperidine rings is 1. The molecule has 1 N–H and O–H groups in total. The summed E-state index contributed by atoms with van der Waals surface area (Å²) in [7, 11) is 1.63. The first-order valence-corrected chi connectivity index (χ1v) is 12.4. The van der Waals surface area contributed by atoms with Gasteiger partial charge >= 0.3 is 0 Å². The van der Waals surface area contributed by atoms with Gasteiger partial charge in [-0.3, -0.25) is 4.79 Å². The highest BCUT2D eigenvalue weighted by atomic mass is 32.2.